The molecule has 0 saturated heterocycles. The number of amides is 1. The number of ether oxygens (including phenoxy) is 1. The molecule has 0 fully saturated rings. The standard InChI is InChI=1S/C19H19N5O3S/c1-3-13-6-4-5-7-16(13)20-17(25)12-28-19-21-22-23-24(19)15-10-8-14(9-11-15)18(26)27-2/h4-11H,3,12H2,1-2H3,(H,20,25). The van der Waals surface area contributed by atoms with Crippen LogP contribution >= 0.6 is 11.8 Å². The zero-order valence-electron chi connectivity index (χ0n) is 15.5. The van der Waals surface area contributed by atoms with Crippen LogP contribution < -0.4 is 5.32 Å². The molecule has 0 saturated carbocycles. The van der Waals surface area contributed by atoms with E-state index in [-0.39, 0.29) is 11.7 Å². The Morgan fingerprint density at radius 3 is 2.61 bits per heavy atom. The number of methoxy groups -OCH3 is 1. The lowest BCUT2D eigenvalue weighted by molar-refractivity contribution is -0.113. The second kappa shape index (κ2) is 9.14. The Balaban J connectivity index is 1.66. The minimum atomic E-state index is -0.415. The minimum Gasteiger partial charge on any atom is -0.465 e. The number of anilines is 1. The van der Waals surface area contributed by atoms with Gasteiger partial charge in [-0.25, -0.2) is 4.79 Å². The lowest BCUT2D eigenvalue weighted by Crippen LogP contribution is -2.15. The van der Waals surface area contributed by atoms with E-state index in [4.69, 9.17) is 0 Å². The number of thioether (sulfide) groups is 1. The molecule has 144 valence electrons. The SMILES string of the molecule is CCc1ccccc1NC(=O)CSc1nnnn1-c1ccc(C(=O)OC)cc1. The van der Waals surface area contributed by atoms with Crippen LogP contribution in [-0.4, -0.2) is 44.9 Å². The van der Waals surface area contributed by atoms with E-state index in [0.717, 1.165) is 17.7 Å². The molecule has 8 nitrogen and oxygen atoms in total. The number of carbonyl (C=O) groups is 2. The van der Waals surface area contributed by atoms with Gasteiger partial charge in [-0.05, 0) is 52.7 Å². The normalized spacial score (nSPS) is 10.5. The maximum absolute atomic E-state index is 12.3. The highest BCUT2D eigenvalue weighted by molar-refractivity contribution is 7.99. The fourth-order valence-electron chi connectivity index (χ4n) is 2.55. The van der Waals surface area contributed by atoms with E-state index >= 15 is 0 Å². The topological polar surface area (TPSA) is 99.0 Å². The third-order valence-corrected chi connectivity index (χ3v) is 4.90. The monoisotopic (exact) mass is 397 g/mol. The predicted octanol–water partition coefficient (Wildman–Crippen LogP) is 2.74. The molecule has 1 amide bonds. The number of hydrogen-bond donors (Lipinski definition) is 1. The largest absolute Gasteiger partial charge is 0.465 e. The average Bonchev–Trinajstić information content (AvgIpc) is 3.21. The molecular weight excluding hydrogens is 378 g/mol. The van der Waals surface area contributed by atoms with E-state index in [1.807, 2.05) is 31.2 Å². The molecule has 3 rings (SSSR count). The van der Waals surface area contributed by atoms with Gasteiger partial charge in [-0.15, -0.1) is 5.10 Å². The highest BCUT2D eigenvalue weighted by Gasteiger charge is 2.13. The Bertz CT molecular complexity index is 972. The lowest BCUT2D eigenvalue weighted by Gasteiger charge is -2.09. The summed E-state index contributed by atoms with van der Waals surface area (Å²) in [6.07, 6.45) is 0.837. The number of para-hydroxylation sites is 1. The molecule has 1 N–H and O–H groups in total. The number of benzene rings is 2. The van der Waals surface area contributed by atoms with Gasteiger partial charge in [0.2, 0.25) is 11.1 Å². The second-order valence-corrected chi connectivity index (χ2v) is 6.70. The zero-order valence-corrected chi connectivity index (χ0v) is 16.3. The van der Waals surface area contributed by atoms with Crippen molar-refractivity contribution in [3.8, 4) is 5.69 Å². The maximum atomic E-state index is 12.3. The number of aromatic nitrogens is 4. The van der Waals surface area contributed by atoms with Gasteiger partial charge in [0.25, 0.3) is 0 Å². The first-order valence-corrected chi connectivity index (χ1v) is 9.58. The van der Waals surface area contributed by atoms with Crippen molar-refractivity contribution in [1.29, 1.82) is 0 Å². The van der Waals surface area contributed by atoms with E-state index in [1.54, 1.807) is 24.3 Å². The van der Waals surface area contributed by atoms with Crippen LogP contribution in [0, 0.1) is 0 Å². The van der Waals surface area contributed by atoms with Crippen molar-refractivity contribution in [3.63, 3.8) is 0 Å². The molecule has 0 aliphatic rings. The number of carbonyl (C=O) groups excluding carboxylic acids is 2. The summed E-state index contributed by atoms with van der Waals surface area (Å²) in [6, 6.07) is 14.4. The number of nitrogens with zero attached hydrogens (tertiary/aromatic N) is 4. The van der Waals surface area contributed by atoms with Gasteiger partial charge in [-0.1, -0.05) is 36.9 Å². The summed E-state index contributed by atoms with van der Waals surface area (Å²) in [5.74, 6) is -0.387. The van der Waals surface area contributed by atoms with Gasteiger partial charge in [-0.2, -0.15) is 4.68 Å². The zero-order chi connectivity index (χ0) is 19.9. The molecule has 0 bridgehead atoms. The Morgan fingerprint density at radius 1 is 1.14 bits per heavy atom. The van der Waals surface area contributed by atoms with Crippen LogP contribution in [-0.2, 0) is 16.0 Å². The van der Waals surface area contributed by atoms with Gasteiger partial charge < -0.3 is 10.1 Å². The summed E-state index contributed by atoms with van der Waals surface area (Å²) in [4.78, 5) is 23.8. The van der Waals surface area contributed by atoms with E-state index < -0.39 is 5.97 Å². The van der Waals surface area contributed by atoms with Crippen LogP contribution in [0.3, 0.4) is 0 Å². The summed E-state index contributed by atoms with van der Waals surface area (Å²) < 4.78 is 6.20. The van der Waals surface area contributed by atoms with Crippen molar-refractivity contribution in [2.75, 3.05) is 18.2 Å². The van der Waals surface area contributed by atoms with Crippen molar-refractivity contribution in [2.45, 2.75) is 18.5 Å². The van der Waals surface area contributed by atoms with Crippen LogP contribution in [0.5, 0.6) is 0 Å². The van der Waals surface area contributed by atoms with Crippen molar-refractivity contribution in [2.24, 2.45) is 0 Å². The van der Waals surface area contributed by atoms with E-state index in [1.165, 1.54) is 23.6 Å². The van der Waals surface area contributed by atoms with Gasteiger partial charge in [0.05, 0.1) is 24.1 Å². The summed E-state index contributed by atoms with van der Waals surface area (Å²) in [5, 5.41) is 15.0. The Labute approximate surface area is 166 Å². The molecule has 0 unspecified atom stereocenters. The van der Waals surface area contributed by atoms with E-state index in [0.29, 0.717) is 16.4 Å². The third kappa shape index (κ3) is 4.55. The Morgan fingerprint density at radius 2 is 1.89 bits per heavy atom. The molecule has 0 radical (unpaired) electrons. The number of tetrazole rings is 1. The van der Waals surface area contributed by atoms with Crippen LogP contribution in [0.1, 0.15) is 22.8 Å². The first kappa shape index (κ1) is 19.6. The highest BCUT2D eigenvalue weighted by Crippen LogP contribution is 2.20. The molecule has 2 aromatic carbocycles. The van der Waals surface area contributed by atoms with Gasteiger partial charge >= 0.3 is 5.97 Å². The van der Waals surface area contributed by atoms with E-state index in [2.05, 4.69) is 25.6 Å². The molecule has 1 heterocycles. The molecular formula is C19H19N5O3S. The van der Waals surface area contributed by atoms with Crippen LogP contribution in [0.15, 0.2) is 53.7 Å². The van der Waals surface area contributed by atoms with Gasteiger partial charge in [0, 0.05) is 5.69 Å². The summed E-state index contributed by atoms with van der Waals surface area (Å²) in [5.41, 5.74) is 3.00. The molecule has 0 spiro atoms. The molecule has 0 aliphatic carbocycles. The van der Waals surface area contributed by atoms with Crippen molar-refractivity contribution >= 4 is 29.3 Å². The highest BCUT2D eigenvalue weighted by atomic mass is 32.2. The van der Waals surface area contributed by atoms with Crippen molar-refractivity contribution in [1.82, 2.24) is 20.2 Å². The number of rotatable bonds is 7. The fourth-order valence-corrected chi connectivity index (χ4v) is 3.25. The van der Waals surface area contributed by atoms with Crippen LogP contribution in [0.4, 0.5) is 5.69 Å². The molecule has 28 heavy (non-hydrogen) atoms. The number of aryl methyl sites for hydroxylation is 1. The van der Waals surface area contributed by atoms with Crippen molar-refractivity contribution < 1.29 is 14.3 Å². The summed E-state index contributed by atoms with van der Waals surface area (Å²) in [6.45, 7) is 2.04. The van der Waals surface area contributed by atoms with Crippen LogP contribution in [0.2, 0.25) is 0 Å². The number of hydrogen-bond acceptors (Lipinski definition) is 7. The number of nitrogens with one attached hydrogen (secondary N) is 1. The molecule has 0 aliphatic heterocycles. The average molecular weight is 397 g/mol. The van der Waals surface area contributed by atoms with Gasteiger partial charge in [0.15, 0.2) is 0 Å². The lowest BCUT2D eigenvalue weighted by atomic mass is 10.1. The van der Waals surface area contributed by atoms with Gasteiger partial charge in [-0.3, -0.25) is 4.79 Å². The smallest absolute Gasteiger partial charge is 0.337 e. The van der Waals surface area contributed by atoms with Crippen molar-refractivity contribution in [3.05, 3.63) is 59.7 Å². The Kier molecular flexibility index (Phi) is 6.38. The van der Waals surface area contributed by atoms with Crippen LogP contribution in [0.25, 0.3) is 5.69 Å². The Hall–Kier alpha value is -3.20. The molecule has 0 atom stereocenters. The minimum absolute atomic E-state index is 0.138. The first-order chi connectivity index (χ1) is 13.6. The molecule has 1 aromatic heterocycles. The van der Waals surface area contributed by atoms with E-state index in [9.17, 15) is 9.59 Å². The number of esters is 1. The summed E-state index contributed by atoms with van der Waals surface area (Å²) in [7, 11) is 1.33. The fraction of sp³-hybridized carbons (Fsp3) is 0.211. The van der Waals surface area contributed by atoms with Gasteiger partial charge in [0.1, 0.15) is 0 Å². The first-order valence-electron chi connectivity index (χ1n) is 8.60. The molecule has 3 aromatic rings. The molecule has 9 heteroatoms. The predicted molar refractivity (Wildman–Crippen MR) is 106 cm³/mol. The third-order valence-electron chi connectivity index (χ3n) is 3.98. The summed E-state index contributed by atoms with van der Waals surface area (Å²) >= 11 is 1.23. The quantitative estimate of drug-likeness (QED) is 0.483. The maximum Gasteiger partial charge on any atom is 0.337 e. The second-order valence-electron chi connectivity index (χ2n) is 5.76.